The Balaban J connectivity index is 1.65. The Morgan fingerprint density at radius 1 is 0.963 bits per heavy atom. The highest BCUT2D eigenvalue weighted by molar-refractivity contribution is 6.06. The molecule has 1 fully saturated rings. The number of halogens is 1. The van der Waals surface area contributed by atoms with Crippen LogP contribution in [0.3, 0.4) is 0 Å². The van der Waals surface area contributed by atoms with E-state index < -0.39 is 11.7 Å². The zero-order valence-corrected chi connectivity index (χ0v) is 15.1. The zero-order chi connectivity index (χ0) is 19.1. The first kappa shape index (κ1) is 18.9. The van der Waals surface area contributed by atoms with Gasteiger partial charge in [0.05, 0.1) is 11.3 Å². The van der Waals surface area contributed by atoms with E-state index >= 15 is 0 Å². The number of nitrogens with one attached hydrogen (secondary N) is 1. The topological polar surface area (TPSA) is 58.6 Å². The van der Waals surface area contributed by atoms with E-state index in [2.05, 4.69) is 5.32 Å². The Kier molecular flexibility index (Phi) is 6.41. The van der Waals surface area contributed by atoms with Crippen LogP contribution in [0.1, 0.15) is 36.0 Å². The molecule has 0 unspecified atom stereocenters. The van der Waals surface area contributed by atoms with Gasteiger partial charge >= 0.3 is 0 Å². The van der Waals surface area contributed by atoms with Gasteiger partial charge in [0, 0.05) is 13.1 Å². The molecule has 27 heavy (non-hydrogen) atoms. The molecule has 0 aromatic heterocycles. The van der Waals surface area contributed by atoms with E-state index in [1.807, 2.05) is 4.90 Å². The number of hydrogen-bond acceptors (Lipinski definition) is 3. The van der Waals surface area contributed by atoms with E-state index in [9.17, 15) is 14.0 Å². The standard InChI is InChI=1S/C21H23FN2O3/c22-17-10-4-5-11-18(17)23-21(26)16-9-3-6-12-19(16)27-15-20(25)24-13-7-1-2-8-14-24/h3-6,9-12H,1-2,7-8,13-15H2,(H,23,26). The fourth-order valence-corrected chi connectivity index (χ4v) is 3.08. The Morgan fingerprint density at radius 2 is 1.63 bits per heavy atom. The van der Waals surface area contributed by atoms with Gasteiger partial charge in [-0.25, -0.2) is 4.39 Å². The summed E-state index contributed by atoms with van der Waals surface area (Å²) in [7, 11) is 0. The SMILES string of the molecule is O=C(Nc1ccccc1F)c1ccccc1OCC(=O)N1CCCCCC1. The summed E-state index contributed by atoms with van der Waals surface area (Å²) in [6, 6.07) is 12.6. The minimum Gasteiger partial charge on any atom is -0.483 e. The minimum absolute atomic E-state index is 0.0822. The summed E-state index contributed by atoms with van der Waals surface area (Å²) in [4.78, 5) is 26.7. The van der Waals surface area contributed by atoms with Crippen LogP contribution in [0, 0.1) is 5.82 Å². The summed E-state index contributed by atoms with van der Waals surface area (Å²) >= 11 is 0. The molecule has 0 radical (unpaired) electrons. The maximum Gasteiger partial charge on any atom is 0.260 e. The number of para-hydroxylation sites is 2. The van der Waals surface area contributed by atoms with E-state index in [0.717, 1.165) is 38.8 Å². The molecule has 2 amide bonds. The number of nitrogens with zero attached hydrogens (tertiary/aromatic N) is 1. The highest BCUT2D eigenvalue weighted by Crippen LogP contribution is 2.21. The van der Waals surface area contributed by atoms with Crippen LogP contribution in [-0.2, 0) is 4.79 Å². The van der Waals surface area contributed by atoms with Gasteiger partial charge in [-0.3, -0.25) is 9.59 Å². The second-order valence-electron chi connectivity index (χ2n) is 6.51. The highest BCUT2D eigenvalue weighted by atomic mass is 19.1. The fourth-order valence-electron chi connectivity index (χ4n) is 3.08. The molecule has 0 aliphatic carbocycles. The first-order valence-electron chi connectivity index (χ1n) is 9.20. The molecule has 0 saturated carbocycles. The van der Waals surface area contributed by atoms with Crippen LogP contribution in [0.15, 0.2) is 48.5 Å². The second-order valence-corrected chi connectivity index (χ2v) is 6.51. The number of likely N-dealkylation sites (tertiary alicyclic amines) is 1. The van der Waals surface area contributed by atoms with Gasteiger partial charge < -0.3 is 15.0 Å². The molecule has 2 aromatic rings. The largest absolute Gasteiger partial charge is 0.483 e. The van der Waals surface area contributed by atoms with Gasteiger partial charge in [0.2, 0.25) is 0 Å². The minimum atomic E-state index is -0.513. The van der Waals surface area contributed by atoms with Crippen molar-refractivity contribution in [1.29, 1.82) is 0 Å². The van der Waals surface area contributed by atoms with Crippen LogP contribution >= 0.6 is 0 Å². The number of hydrogen-bond donors (Lipinski definition) is 1. The number of amides is 2. The lowest BCUT2D eigenvalue weighted by atomic mass is 10.2. The molecule has 142 valence electrons. The van der Waals surface area contributed by atoms with Crippen LogP contribution in [0.2, 0.25) is 0 Å². The summed E-state index contributed by atoms with van der Waals surface area (Å²) in [6.07, 6.45) is 4.30. The first-order valence-corrected chi connectivity index (χ1v) is 9.20. The van der Waals surface area contributed by atoms with Crippen molar-refractivity contribution in [2.45, 2.75) is 25.7 Å². The first-order chi connectivity index (χ1) is 13.1. The lowest BCUT2D eigenvalue weighted by Crippen LogP contribution is -2.35. The molecular formula is C21H23FN2O3. The predicted molar refractivity (Wildman–Crippen MR) is 101 cm³/mol. The second kappa shape index (κ2) is 9.16. The third-order valence-electron chi connectivity index (χ3n) is 4.56. The molecular weight excluding hydrogens is 347 g/mol. The van der Waals surface area contributed by atoms with Crippen LogP contribution in [0.5, 0.6) is 5.75 Å². The van der Waals surface area contributed by atoms with E-state index in [-0.39, 0.29) is 23.8 Å². The van der Waals surface area contributed by atoms with Gasteiger partial charge in [-0.2, -0.15) is 0 Å². The fraction of sp³-hybridized carbons (Fsp3) is 0.333. The number of rotatable bonds is 5. The van der Waals surface area contributed by atoms with Gasteiger partial charge in [-0.05, 0) is 37.1 Å². The number of carbonyl (C=O) groups excluding carboxylic acids is 2. The maximum absolute atomic E-state index is 13.8. The monoisotopic (exact) mass is 370 g/mol. The van der Waals surface area contributed by atoms with Crippen LogP contribution in [0.25, 0.3) is 0 Å². The molecule has 5 nitrogen and oxygen atoms in total. The van der Waals surface area contributed by atoms with Crippen molar-refractivity contribution in [2.75, 3.05) is 25.0 Å². The van der Waals surface area contributed by atoms with Crippen molar-refractivity contribution in [1.82, 2.24) is 4.90 Å². The summed E-state index contributed by atoms with van der Waals surface area (Å²) < 4.78 is 19.4. The quantitative estimate of drug-likeness (QED) is 0.869. The van der Waals surface area contributed by atoms with Crippen molar-refractivity contribution in [3.8, 4) is 5.75 Å². The molecule has 0 spiro atoms. The van der Waals surface area contributed by atoms with Gasteiger partial charge in [0.15, 0.2) is 6.61 Å². The summed E-state index contributed by atoms with van der Waals surface area (Å²) in [5.41, 5.74) is 0.349. The van der Waals surface area contributed by atoms with Crippen molar-refractivity contribution < 1.29 is 18.7 Å². The normalized spacial score (nSPS) is 14.3. The van der Waals surface area contributed by atoms with E-state index in [4.69, 9.17) is 4.74 Å². The van der Waals surface area contributed by atoms with E-state index in [1.165, 1.54) is 12.1 Å². The Labute approximate surface area is 158 Å². The molecule has 1 heterocycles. The number of ether oxygens (including phenoxy) is 1. The third-order valence-corrected chi connectivity index (χ3v) is 4.56. The van der Waals surface area contributed by atoms with Gasteiger partial charge in [0.1, 0.15) is 11.6 Å². The van der Waals surface area contributed by atoms with Crippen molar-refractivity contribution in [2.24, 2.45) is 0 Å². The number of anilines is 1. The van der Waals surface area contributed by atoms with Crippen LogP contribution in [-0.4, -0.2) is 36.4 Å². The molecule has 1 aliphatic rings. The summed E-state index contributed by atoms with van der Waals surface area (Å²) in [6.45, 7) is 1.37. The van der Waals surface area contributed by atoms with Gasteiger partial charge in [0.25, 0.3) is 11.8 Å². The third kappa shape index (κ3) is 5.06. The lowest BCUT2D eigenvalue weighted by Gasteiger charge is -2.20. The smallest absolute Gasteiger partial charge is 0.260 e. The molecule has 1 saturated heterocycles. The van der Waals surface area contributed by atoms with Crippen molar-refractivity contribution in [3.05, 3.63) is 59.9 Å². The van der Waals surface area contributed by atoms with Crippen molar-refractivity contribution in [3.63, 3.8) is 0 Å². The summed E-state index contributed by atoms with van der Waals surface area (Å²) in [5, 5.41) is 2.54. The van der Waals surface area contributed by atoms with Gasteiger partial charge in [-0.1, -0.05) is 37.1 Å². The van der Waals surface area contributed by atoms with Crippen LogP contribution in [0.4, 0.5) is 10.1 Å². The van der Waals surface area contributed by atoms with Crippen LogP contribution < -0.4 is 10.1 Å². The van der Waals surface area contributed by atoms with Gasteiger partial charge in [-0.15, -0.1) is 0 Å². The Bertz CT molecular complexity index is 802. The van der Waals surface area contributed by atoms with E-state index in [0.29, 0.717) is 5.75 Å². The average Bonchev–Trinajstić information content (AvgIpc) is 2.97. The lowest BCUT2D eigenvalue weighted by molar-refractivity contribution is -0.133. The molecule has 1 aliphatic heterocycles. The van der Waals surface area contributed by atoms with Crippen molar-refractivity contribution >= 4 is 17.5 Å². The number of carbonyl (C=O) groups is 2. The average molecular weight is 370 g/mol. The summed E-state index contributed by atoms with van der Waals surface area (Å²) in [5.74, 6) is -0.783. The molecule has 6 heteroatoms. The molecule has 3 rings (SSSR count). The molecule has 1 N–H and O–H groups in total. The van der Waals surface area contributed by atoms with E-state index in [1.54, 1.807) is 36.4 Å². The Hall–Kier alpha value is -2.89. The Morgan fingerprint density at radius 3 is 2.37 bits per heavy atom. The predicted octanol–water partition coefficient (Wildman–Crippen LogP) is 3.86. The zero-order valence-electron chi connectivity index (χ0n) is 15.1. The number of benzene rings is 2. The molecule has 0 atom stereocenters. The maximum atomic E-state index is 13.8. The molecule has 0 bridgehead atoms. The molecule has 2 aromatic carbocycles. The highest BCUT2D eigenvalue weighted by Gasteiger charge is 2.18.